The van der Waals surface area contributed by atoms with Crippen molar-refractivity contribution < 1.29 is 14.3 Å². The molecule has 1 rings (SSSR count). The lowest BCUT2D eigenvalue weighted by atomic mass is 10.2. The van der Waals surface area contributed by atoms with E-state index in [4.69, 9.17) is 9.47 Å². The lowest BCUT2D eigenvalue weighted by Gasteiger charge is -2.16. The SMILES string of the molecule is COCC(=O)N(C)CCOc1ccc(C)cc1. The van der Waals surface area contributed by atoms with Crippen molar-refractivity contribution in [2.75, 3.05) is 33.9 Å². The van der Waals surface area contributed by atoms with E-state index in [2.05, 4.69) is 0 Å². The van der Waals surface area contributed by atoms with Gasteiger partial charge in [-0.25, -0.2) is 0 Å². The van der Waals surface area contributed by atoms with Gasteiger partial charge in [0.25, 0.3) is 0 Å². The minimum absolute atomic E-state index is 0.0417. The van der Waals surface area contributed by atoms with Crippen molar-refractivity contribution in [2.24, 2.45) is 0 Å². The average Bonchev–Trinajstić information content (AvgIpc) is 2.32. The minimum Gasteiger partial charge on any atom is -0.492 e. The van der Waals surface area contributed by atoms with Crippen LogP contribution >= 0.6 is 0 Å². The van der Waals surface area contributed by atoms with E-state index in [-0.39, 0.29) is 12.5 Å². The third-order valence-corrected chi connectivity index (χ3v) is 2.41. The number of hydrogen-bond acceptors (Lipinski definition) is 3. The van der Waals surface area contributed by atoms with Gasteiger partial charge in [-0.15, -0.1) is 0 Å². The Labute approximate surface area is 102 Å². The van der Waals surface area contributed by atoms with Crippen molar-refractivity contribution in [3.63, 3.8) is 0 Å². The monoisotopic (exact) mass is 237 g/mol. The zero-order valence-corrected chi connectivity index (χ0v) is 10.6. The number of ether oxygens (including phenoxy) is 2. The number of rotatable bonds is 6. The molecule has 0 aliphatic rings. The van der Waals surface area contributed by atoms with Gasteiger partial charge in [0.05, 0.1) is 6.54 Å². The van der Waals surface area contributed by atoms with Crippen LogP contribution in [0.3, 0.4) is 0 Å². The van der Waals surface area contributed by atoms with E-state index in [9.17, 15) is 4.79 Å². The summed E-state index contributed by atoms with van der Waals surface area (Å²) in [4.78, 5) is 13.0. The van der Waals surface area contributed by atoms with Crippen LogP contribution in [-0.2, 0) is 9.53 Å². The largest absolute Gasteiger partial charge is 0.492 e. The maximum Gasteiger partial charge on any atom is 0.248 e. The number of methoxy groups -OCH3 is 1. The van der Waals surface area contributed by atoms with Crippen molar-refractivity contribution in [3.05, 3.63) is 29.8 Å². The molecule has 1 aromatic carbocycles. The lowest BCUT2D eigenvalue weighted by molar-refractivity contribution is -0.134. The van der Waals surface area contributed by atoms with Crippen LogP contribution in [0, 0.1) is 6.92 Å². The molecule has 0 fully saturated rings. The Kier molecular flexibility index (Phi) is 5.49. The number of carbonyl (C=O) groups excluding carboxylic acids is 1. The van der Waals surface area contributed by atoms with E-state index in [1.807, 2.05) is 31.2 Å². The molecule has 0 aromatic heterocycles. The summed E-state index contributed by atoms with van der Waals surface area (Å²) in [5, 5.41) is 0. The van der Waals surface area contributed by atoms with Gasteiger partial charge in [0, 0.05) is 14.2 Å². The summed E-state index contributed by atoms with van der Waals surface area (Å²) in [5.41, 5.74) is 1.20. The second-order valence-electron chi connectivity index (χ2n) is 3.91. The number of carbonyl (C=O) groups is 1. The summed E-state index contributed by atoms with van der Waals surface area (Å²) in [6.07, 6.45) is 0. The summed E-state index contributed by atoms with van der Waals surface area (Å²) < 4.78 is 10.3. The van der Waals surface area contributed by atoms with Crippen molar-refractivity contribution in [3.8, 4) is 5.75 Å². The maximum absolute atomic E-state index is 11.4. The third-order valence-electron chi connectivity index (χ3n) is 2.41. The summed E-state index contributed by atoms with van der Waals surface area (Å²) >= 11 is 0. The van der Waals surface area contributed by atoms with Crippen LogP contribution < -0.4 is 4.74 Å². The molecular formula is C13H19NO3. The number of hydrogen-bond donors (Lipinski definition) is 0. The van der Waals surface area contributed by atoms with Crippen molar-refractivity contribution in [1.29, 1.82) is 0 Å². The van der Waals surface area contributed by atoms with Crippen LogP contribution in [0.4, 0.5) is 0 Å². The molecule has 0 radical (unpaired) electrons. The van der Waals surface area contributed by atoms with Crippen LogP contribution in [0.25, 0.3) is 0 Å². The maximum atomic E-state index is 11.4. The molecule has 0 spiro atoms. The fourth-order valence-electron chi connectivity index (χ4n) is 1.29. The highest BCUT2D eigenvalue weighted by Gasteiger charge is 2.07. The summed E-state index contributed by atoms with van der Waals surface area (Å²) in [7, 11) is 3.24. The highest BCUT2D eigenvalue weighted by atomic mass is 16.5. The molecule has 94 valence electrons. The van der Waals surface area contributed by atoms with E-state index in [1.165, 1.54) is 12.7 Å². The Balaban J connectivity index is 2.27. The molecule has 0 N–H and O–H groups in total. The third kappa shape index (κ3) is 4.87. The molecule has 0 atom stereocenters. The fraction of sp³-hybridized carbons (Fsp3) is 0.462. The topological polar surface area (TPSA) is 38.8 Å². The van der Waals surface area contributed by atoms with Gasteiger partial charge >= 0.3 is 0 Å². The Morgan fingerprint density at radius 1 is 1.29 bits per heavy atom. The fourth-order valence-corrected chi connectivity index (χ4v) is 1.29. The van der Waals surface area contributed by atoms with Gasteiger partial charge in [-0.1, -0.05) is 17.7 Å². The van der Waals surface area contributed by atoms with Crippen LogP contribution in [0.15, 0.2) is 24.3 Å². The highest BCUT2D eigenvalue weighted by Crippen LogP contribution is 2.10. The van der Waals surface area contributed by atoms with Crippen molar-refractivity contribution in [2.45, 2.75) is 6.92 Å². The molecule has 17 heavy (non-hydrogen) atoms. The van der Waals surface area contributed by atoms with E-state index in [0.29, 0.717) is 13.2 Å². The molecule has 0 heterocycles. The van der Waals surface area contributed by atoms with Gasteiger partial charge < -0.3 is 14.4 Å². The molecule has 0 aliphatic carbocycles. The summed E-state index contributed by atoms with van der Waals surface area (Å²) in [6.45, 7) is 3.17. The van der Waals surface area contributed by atoms with E-state index in [0.717, 1.165) is 5.75 Å². The van der Waals surface area contributed by atoms with Crippen LogP contribution in [0.5, 0.6) is 5.75 Å². The molecule has 0 aliphatic heterocycles. The Hall–Kier alpha value is -1.55. The molecule has 1 aromatic rings. The Morgan fingerprint density at radius 3 is 2.53 bits per heavy atom. The van der Waals surface area contributed by atoms with Crippen molar-refractivity contribution in [1.82, 2.24) is 4.90 Å². The molecule has 0 unspecified atom stereocenters. The number of benzene rings is 1. The van der Waals surface area contributed by atoms with E-state index >= 15 is 0 Å². The Morgan fingerprint density at radius 2 is 1.94 bits per heavy atom. The minimum atomic E-state index is -0.0417. The van der Waals surface area contributed by atoms with Gasteiger partial charge in [0.2, 0.25) is 5.91 Å². The zero-order chi connectivity index (χ0) is 12.7. The highest BCUT2D eigenvalue weighted by molar-refractivity contribution is 5.77. The first-order valence-electron chi connectivity index (χ1n) is 5.56. The average molecular weight is 237 g/mol. The molecule has 0 saturated carbocycles. The summed E-state index contributed by atoms with van der Waals surface area (Å²) in [6, 6.07) is 7.84. The smallest absolute Gasteiger partial charge is 0.248 e. The van der Waals surface area contributed by atoms with E-state index < -0.39 is 0 Å². The van der Waals surface area contributed by atoms with Crippen molar-refractivity contribution >= 4 is 5.91 Å². The second kappa shape index (κ2) is 6.91. The van der Waals surface area contributed by atoms with Gasteiger partial charge in [-0.3, -0.25) is 4.79 Å². The lowest BCUT2D eigenvalue weighted by Crippen LogP contribution is -2.33. The second-order valence-corrected chi connectivity index (χ2v) is 3.91. The molecule has 1 amide bonds. The van der Waals surface area contributed by atoms with E-state index in [1.54, 1.807) is 11.9 Å². The van der Waals surface area contributed by atoms with Crippen LogP contribution in [0.2, 0.25) is 0 Å². The van der Waals surface area contributed by atoms with Crippen LogP contribution in [-0.4, -0.2) is 44.7 Å². The molecule has 0 bridgehead atoms. The number of nitrogens with zero attached hydrogens (tertiary/aromatic N) is 1. The van der Waals surface area contributed by atoms with Gasteiger partial charge in [0.15, 0.2) is 0 Å². The number of likely N-dealkylation sites (N-methyl/N-ethyl adjacent to an activating group) is 1. The first-order valence-corrected chi connectivity index (χ1v) is 5.56. The predicted molar refractivity (Wildman–Crippen MR) is 66.2 cm³/mol. The standard InChI is InChI=1S/C13H19NO3/c1-11-4-6-12(7-5-11)17-9-8-14(2)13(15)10-16-3/h4-7H,8-10H2,1-3H3. The number of aryl methyl sites for hydroxylation is 1. The Bertz CT molecular complexity index is 348. The normalized spacial score (nSPS) is 10.1. The molecule has 4 nitrogen and oxygen atoms in total. The quantitative estimate of drug-likeness (QED) is 0.752. The molecule has 4 heteroatoms. The molecular weight excluding hydrogens is 218 g/mol. The number of amides is 1. The first-order chi connectivity index (χ1) is 8.13. The molecule has 0 saturated heterocycles. The van der Waals surface area contributed by atoms with Gasteiger partial charge in [-0.2, -0.15) is 0 Å². The summed E-state index contributed by atoms with van der Waals surface area (Å²) in [5.74, 6) is 0.781. The van der Waals surface area contributed by atoms with Gasteiger partial charge in [0.1, 0.15) is 19.0 Å². The predicted octanol–water partition coefficient (Wildman–Crippen LogP) is 1.48. The van der Waals surface area contributed by atoms with Crippen LogP contribution in [0.1, 0.15) is 5.56 Å². The zero-order valence-electron chi connectivity index (χ0n) is 10.6. The first kappa shape index (κ1) is 13.5. The van der Waals surface area contributed by atoms with Gasteiger partial charge in [-0.05, 0) is 19.1 Å².